The van der Waals surface area contributed by atoms with E-state index in [1.807, 2.05) is 48.0 Å². The van der Waals surface area contributed by atoms with E-state index in [2.05, 4.69) is 11.2 Å². The zero-order chi connectivity index (χ0) is 20.5. The van der Waals surface area contributed by atoms with Gasteiger partial charge in [-0.25, -0.2) is 4.68 Å². The molecule has 144 valence electrons. The van der Waals surface area contributed by atoms with Crippen LogP contribution in [0.5, 0.6) is 0 Å². The zero-order valence-electron chi connectivity index (χ0n) is 15.6. The second-order valence-electron chi connectivity index (χ2n) is 6.74. The van der Waals surface area contributed by atoms with Gasteiger partial charge >= 0.3 is 4.87 Å². The van der Waals surface area contributed by atoms with Crippen molar-refractivity contribution in [1.82, 2.24) is 14.3 Å². The van der Waals surface area contributed by atoms with Gasteiger partial charge in [-0.3, -0.25) is 9.59 Å². The quantitative estimate of drug-likeness (QED) is 0.552. The number of nitriles is 1. The fourth-order valence-corrected chi connectivity index (χ4v) is 4.09. The Morgan fingerprint density at radius 2 is 2.03 bits per heavy atom. The van der Waals surface area contributed by atoms with Crippen molar-refractivity contribution < 1.29 is 4.79 Å². The van der Waals surface area contributed by atoms with Crippen LogP contribution in [0, 0.1) is 18.3 Å². The Hall–Kier alpha value is -3.70. The Kier molecular flexibility index (Phi) is 4.74. The molecule has 4 aromatic rings. The van der Waals surface area contributed by atoms with Gasteiger partial charge in [-0.05, 0) is 36.2 Å². The van der Waals surface area contributed by atoms with Crippen molar-refractivity contribution in [2.75, 3.05) is 0 Å². The highest BCUT2D eigenvalue weighted by atomic mass is 32.1. The molecule has 2 heterocycles. The predicted molar refractivity (Wildman–Crippen MR) is 111 cm³/mol. The second kappa shape index (κ2) is 7.37. The molecule has 0 bridgehead atoms. The number of nitrogens with zero attached hydrogens (tertiary/aromatic N) is 4. The number of hydrogen-bond donors (Lipinski definition) is 1. The third kappa shape index (κ3) is 3.32. The molecule has 8 heteroatoms. The van der Waals surface area contributed by atoms with Gasteiger partial charge in [0, 0.05) is 29.2 Å². The maximum Gasteiger partial charge on any atom is 0.325 e. The molecule has 0 radical (unpaired) electrons. The number of nitrogens with two attached hydrogens (primary N) is 1. The van der Waals surface area contributed by atoms with Crippen molar-refractivity contribution >= 4 is 28.1 Å². The molecule has 2 aromatic heterocycles. The Morgan fingerprint density at radius 3 is 2.66 bits per heavy atom. The molecule has 2 aromatic carbocycles. The molecular weight excluding hydrogens is 386 g/mol. The summed E-state index contributed by atoms with van der Waals surface area (Å²) in [5, 5.41) is 13.9. The summed E-state index contributed by atoms with van der Waals surface area (Å²) in [6.45, 7) is 2.50. The number of primary amides is 1. The van der Waals surface area contributed by atoms with Gasteiger partial charge in [-0.15, -0.1) is 0 Å². The van der Waals surface area contributed by atoms with Gasteiger partial charge in [0.25, 0.3) is 0 Å². The Morgan fingerprint density at radius 1 is 1.28 bits per heavy atom. The van der Waals surface area contributed by atoms with E-state index in [4.69, 9.17) is 11.0 Å². The number of benzene rings is 2. The van der Waals surface area contributed by atoms with Gasteiger partial charge in [0.1, 0.15) is 5.51 Å². The number of aryl methyl sites for hydroxylation is 1. The van der Waals surface area contributed by atoms with Gasteiger partial charge in [-0.2, -0.15) is 10.4 Å². The standard InChI is InChI=1S/C21H17N5O2S/c1-13-3-2-4-17-18(13)16(19(20(23)27)26-21(28)29-12-24-26)11-25(17)10-15-7-5-14(9-22)6-8-15/h2-8,11-12,19H,10H2,1H3,(H2,23,27). The third-order valence-electron chi connectivity index (χ3n) is 4.90. The van der Waals surface area contributed by atoms with Crippen molar-refractivity contribution in [2.45, 2.75) is 19.5 Å². The van der Waals surface area contributed by atoms with Crippen LogP contribution in [0.1, 0.15) is 28.3 Å². The van der Waals surface area contributed by atoms with Crippen molar-refractivity contribution in [2.24, 2.45) is 5.73 Å². The van der Waals surface area contributed by atoms with Crippen LogP contribution < -0.4 is 10.6 Å². The molecule has 1 unspecified atom stereocenters. The summed E-state index contributed by atoms with van der Waals surface area (Å²) in [5.74, 6) is -0.640. The number of amides is 1. The van der Waals surface area contributed by atoms with Crippen molar-refractivity contribution in [3.63, 3.8) is 0 Å². The Bertz CT molecular complexity index is 1310. The highest BCUT2D eigenvalue weighted by molar-refractivity contribution is 7.06. The number of carbonyl (C=O) groups is 1. The number of hydrogen-bond acceptors (Lipinski definition) is 5. The minimum atomic E-state index is -0.987. The molecule has 0 aliphatic carbocycles. The molecular formula is C21H17N5O2S. The maximum absolute atomic E-state index is 12.3. The molecule has 0 aliphatic heterocycles. The van der Waals surface area contributed by atoms with E-state index in [9.17, 15) is 9.59 Å². The molecule has 0 saturated carbocycles. The molecule has 1 atom stereocenters. The first kappa shape index (κ1) is 18.7. The lowest BCUT2D eigenvalue weighted by Crippen LogP contribution is -2.33. The van der Waals surface area contributed by atoms with Gasteiger partial charge in [0.2, 0.25) is 5.91 Å². The van der Waals surface area contributed by atoms with Crippen LogP contribution in [0.15, 0.2) is 59.0 Å². The van der Waals surface area contributed by atoms with E-state index in [1.165, 1.54) is 5.51 Å². The zero-order valence-corrected chi connectivity index (χ0v) is 16.4. The average molecular weight is 403 g/mol. The summed E-state index contributed by atoms with van der Waals surface area (Å²) in [5.41, 5.74) is 11.3. The Labute approximate surface area is 170 Å². The molecule has 1 amide bonds. The highest BCUT2D eigenvalue weighted by Crippen LogP contribution is 2.31. The van der Waals surface area contributed by atoms with Crippen LogP contribution in [0.2, 0.25) is 0 Å². The molecule has 0 spiro atoms. The minimum Gasteiger partial charge on any atom is -0.368 e. The van der Waals surface area contributed by atoms with E-state index in [1.54, 1.807) is 12.1 Å². The van der Waals surface area contributed by atoms with Crippen LogP contribution in [-0.4, -0.2) is 20.3 Å². The summed E-state index contributed by atoms with van der Waals surface area (Å²) in [6.07, 6.45) is 1.86. The first-order valence-corrected chi connectivity index (χ1v) is 9.76. The molecule has 4 rings (SSSR count). The fourth-order valence-electron chi connectivity index (χ4n) is 3.59. The molecule has 0 fully saturated rings. The second-order valence-corrected chi connectivity index (χ2v) is 7.54. The fraction of sp³-hybridized carbons (Fsp3) is 0.143. The van der Waals surface area contributed by atoms with Crippen molar-refractivity contribution in [3.8, 4) is 6.07 Å². The van der Waals surface area contributed by atoms with Crippen molar-refractivity contribution in [1.29, 1.82) is 5.26 Å². The molecule has 29 heavy (non-hydrogen) atoms. The third-order valence-corrected chi connectivity index (χ3v) is 5.49. The SMILES string of the molecule is Cc1cccc2c1c(C(C(N)=O)n1ncsc1=O)cn2Cc1ccc(C#N)cc1. The smallest absolute Gasteiger partial charge is 0.325 e. The van der Waals surface area contributed by atoms with E-state index >= 15 is 0 Å². The van der Waals surface area contributed by atoms with Gasteiger partial charge < -0.3 is 10.3 Å². The number of fused-ring (bicyclic) bond motifs is 1. The maximum atomic E-state index is 12.3. The van der Waals surface area contributed by atoms with E-state index in [-0.39, 0.29) is 4.87 Å². The number of aromatic nitrogens is 3. The normalized spacial score (nSPS) is 12.0. The van der Waals surface area contributed by atoms with Crippen LogP contribution >= 0.6 is 11.3 Å². The van der Waals surface area contributed by atoms with Crippen LogP contribution in [0.4, 0.5) is 0 Å². The highest BCUT2D eigenvalue weighted by Gasteiger charge is 2.27. The predicted octanol–water partition coefficient (Wildman–Crippen LogP) is 2.56. The van der Waals surface area contributed by atoms with E-state index < -0.39 is 11.9 Å². The van der Waals surface area contributed by atoms with Crippen LogP contribution in [0.25, 0.3) is 10.9 Å². The minimum absolute atomic E-state index is 0.338. The monoisotopic (exact) mass is 403 g/mol. The van der Waals surface area contributed by atoms with Crippen LogP contribution in [0.3, 0.4) is 0 Å². The summed E-state index contributed by atoms with van der Waals surface area (Å²) in [4.78, 5) is 24.2. The number of carbonyl (C=O) groups excluding carboxylic acids is 1. The summed E-state index contributed by atoms with van der Waals surface area (Å²) >= 11 is 0.923. The number of rotatable bonds is 5. The molecule has 0 saturated heterocycles. The summed E-state index contributed by atoms with van der Waals surface area (Å²) < 4.78 is 3.16. The first-order valence-electron chi connectivity index (χ1n) is 8.88. The van der Waals surface area contributed by atoms with Gasteiger partial charge in [0.15, 0.2) is 6.04 Å². The topological polar surface area (TPSA) is 107 Å². The van der Waals surface area contributed by atoms with E-state index in [0.717, 1.165) is 38.0 Å². The summed E-state index contributed by atoms with van der Waals surface area (Å²) in [7, 11) is 0. The first-order chi connectivity index (χ1) is 14.0. The van der Waals surface area contributed by atoms with E-state index in [0.29, 0.717) is 17.7 Å². The lowest BCUT2D eigenvalue weighted by atomic mass is 10.0. The molecule has 2 N–H and O–H groups in total. The van der Waals surface area contributed by atoms with Gasteiger partial charge in [-0.1, -0.05) is 35.6 Å². The molecule has 7 nitrogen and oxygen atoms in total. The van der Waals surface area contributed by atoms with Crippen LogP contribution in [-0.2, 0) is 11.3 Å². The average Bonchev–Trinajstić information content (AvgIpc) is 3.28. The Balaban J connectivity index is 1.89. The lowest BCUT2D eigenvalue weighted by molar-refractivity contribution is -0.120. The van der Waals surface area contributed by atoms with Gasteiger partial charge in [0.05, 0.1) is 11.6 Å². The lowest BCUT2D eigenvalue weighted by Gasteiger charge is -2.12. The van der Waals surface area contributed by atoms with Crippen molar-refractivity contribution in [3.05, 3.63) is 86.1 Å². The molecule has 0 aliphatic rings. The largest absolute Gasteiger partial charge is 0.368 e. The summed E-state index contributed by atoms with van der Waals surface area (Å²) in [6, 6.07) is 14.3.